The number of carbonyl (C=O) groups is 1. The SMILES string of the molecule is Cc1nc(CNC(=O)N(C)CC(C)O)c(C)s1. The second-order valence-corrected chi connectivity index (χ2v) is 5.53. The van der Waals surface area contributed by atoms with Crippen molar-refractivity contribution in [1.29, 1.82) is 0 Å². The van der Waals surface area contributed by atoms with Gasteiger partial charge in [-0.25, -0.2) is 9.78 Å². The summed E-state index contributed by atoms with van der Waals surface area (Å²) < 4.78 is 0. The van der Waals surface area contributed by atoms with Crippen LogP contribution in [0, 0.1) is 13.8 Å². The third-order valence-electron chi connectivity index (χ3n) is 2.29. The lowest BCUT2D eigenvalue weighted by atomic mass is 10.3. The molecule has 1 atom stereocenters. The summed E-state index contributed by atoms with van der Waals surface area (Å²) in [6, 6.07) is -0.198. The van der Waals surface area contributed by atoms with Crippen LogP contribution < -0.4 is 5.32 Å². The molecule has 0 saturated carbocycles. The third-order valence-corrected chi connectivity index (χ3v) is 3.22. The lowest BCUT2D eigenvalue weighted by Gasteiger charge is -2.19. The Morgan fingerprint density at radius 1 is 1.59 bits per heavy atom. The maximum Gasteiger partial charge on any atom is 0.317 e. The van der Waals surface area contributed by atoms with Gasteiger partial charge in [0.25, 0.3) is 0 Å². The Kier molecular flexibility index (Phi) is 4.89. The highest BCUT2D eigenvalue weighted by molar-refractivity contribution is 7.11. The van der Waals surface area contributed by atoms with Gasteiger partial charge in [0.05, 0.1) is 23.4 Å². The number of urea groups is 1. The summed E-state index contributed by atoms with van der Waals surface area (Å²) in [6.07, 6.45) is -0.519. The van der Waals surface area contributed by atoms with Gasteiger partial charge in [0.15, 0.2) is 0 Å². The molecule has 96 valence electrons. The number of aliphatic hydroxyl groups is 1. The molecular weight excluding hydrogens is 238 g/mol. The molecule has 17 heavy (non-hydrogen) atoms. The maximum atomic E-state index is 11.6. The van der Waals surface area contributed by atoms with E-state index in [1.165, 1.54) is 4.90 Å². The molecule has 1 aromatic heterocycles. The summed E-state index contributed by atoms with van der Waals surface area (Å²) in [5, 5.41) is 13.0. The fourth-order valence-corrected chi connectivity index (χ4v) is 2.34. The smallest absolute Gasteiger partial charge is 0.317 e. The molecule has 0 aliphatic rings. The lowest BCUT2D eigenvalue weighted by Crippen LogP contribution is -2.40. The zero-order chi connectivity index (χ0) is 13.0. The van der Waals surface area contributed by atoms with Crippen LogP contribution in [0.15, 0.2) is 0 Å². The summed E-state index contributed by atoms with van der Waals surface area (Å²) in [4.78, 5) is 18.6. The van der Waals surface area contributed by atoms with Crippen LogP contribution in [0.5, 0.6) is 0 Å². The number of hydrogen-bond donors (Lipinski definition) is 2. The fourth-order valence-electron chi connectivity index (χ4n) is 1.51. The first kappa shape index (κ1) is 13.9. The summed E-state index contributed by atoms with van der Waals surface area (Å²) in [5.41, 5.74) is 0.909. The molecular formula is C11H19N3O2S. The second-order valence-electron chi connectivity index (χ2n) is 4.12. The minimum Gasteiger partial charge on any atom is -0.392 e. The van der Waals surface area contributed by atoms with Crippen LogP contribution in [0.2, 0.25) is 0 Å². The molecule has 1 aromatic rings. The van der Waals surface area contributed by atoms with Crippen molar-refractivity contribution in [2.24, 2.45) is 0 Å². The highest BCUT2D eigenvalue weighted by atomic mass is 32.1. The number of rotatable bonds is 4. The number of aliphatic hydroxyl groups excluding tert-OH is 1. The minimum absolute atomic E-state index is 0.198. The van der Waals surface area contributed by atoms with Gasteiger partial charge in [-0.3, -0.25) is 0 Å². The van der Waals surface area contributed by atoms with Gasteiger partial charge in [0, 0.05) is 18.5 Å². The van der Waals surface area contributed by atoms with Gasteiger partial charge >= 0.3 is 6.03 Å². The number of nitrogens with one attached hydrogen (secondary N) is 1. The van der Waals surface area contributed by atoms with E-state index in [-0.39, 0.29) is 6.03 Å². The van der Waals surface area contributed by atoms with Gasteiger partial charge in [0.2, 0.25) is 0 Å². The van der Waals surface area contributed by atoms with Gasteiger partial charge in [-0.1, -0.05) is 0 Å². The summed E-state index contributed by atoms with van der Waals surface area (Å²) in [7, 11) is 1.65. The van der Waals surface area contributed by atoms with Crippen molar-refractivity contribution in [3.8, 4) is 0 Å². The van der Waals surface area contributed by atoms with Gasteiger partial charge in [-0.15, -0.1) is 11.3 Å². The highest BCUT2D eigenvalue weighted by Gasteiger charge is 2.12. The third kappa shape index (κ3) is 4.32. The number of nitrogens with zero attached hydrogens (tertiary/aromatic N) is 2. The minimum atomic E-state index is -0.519. The normalized spacial score (nSPS) is 12.3. The van der Waals surface area contributed by atoms with E-state index in [1.54, 1.807) is 25.3 Å². The van der Waals surface area contributed by atoms with Crippen molar-refractivity contribution >= 4 is 17.4 Å². The Hall–Kier alpha value is -1.14. The number of aryl methyl sites for hydroxylation is 2. The number of carbonyl (C=O) groups excluding carboxylic acids is 1. The van der Waals surface area contributed by atoms with Crippen LogP contribution in [0.3, 0.4) is 0 Å². The van der Waals surface area contributed by atoms with E-state index in [2.05, 4.69) is 10.3 Å². The van der Waals surface area contributed by atoms with Gasteiger partial charge in [-0.05, 0) is 20.8 Å². The van der Waals surface area contributed by atoms with Gasteiger partial charge in [0.1, 0.15) is 0 Å². The monoisotopic (exact) mass is 257 g/mol. The molecule has 1 rings (SSSR count). The van der Waals surface area contributed by atoms with Crippen molar-refractivity contribution in [1.82, 2.24) is 15.2 Å². The molecule has 0 aromatic carbocycles. The summed E-state index contributed by atoms with van der Waals surface area (Å²) in [5.74, 6) is 0. The van der Waals surface area contributed by atoms with Crippen molar-refractivity contribution in [2.75, 3.05) is 13.6 Å². The molecule has 0 spiro atoms. The highest BCUT2D eigenvalue weighted by Crippen LogP contribution is 2.15. The predicted molar refractivity (Wildman–Crippen MR) is 68.1 cm³/mol. The zero-order valence-electron chi connectivity index (χ0n) is 10.6. The van der Waals surface area contributed by atoms with Crippen LogP contribution in [-0.4, -0.2) is 40.7 Å². The van der Waals surface area contributed by atoms with Gasteiger partial charge < -0.3 is 15.3 Å². The number of amides is 2. The quantitative estimate of drug-likeness (QED) is 0.854. The van der Waals surface area contributed by atoms with E-state index in [4.69, 9.17) is 0 Å². The van der Waals surface area contributed by atoms with E-state index in [0.29, 0.717) is 13.1 Å². The molecule has 0 fully saturated rings. The van der Waals surface area contributed by atoms with E-state index < -0.39 is 6.10 Å². The number of hydrogen-bond acceptors (Lipinski definition) is 4. The first-order valence-electron chi connectivity index (χ1n) is 5.50. The van der Waals surface area contributed by atoms with E-state index in [1.807, 2.05) is 13.8 Å². The number of thiazole rings is 1. The van der Waals surface area contributed by atoms with Crippen LogP contribution in [0.1, 0.15) is 22.5 Å². The van der Waals surface area contributed by atoms with E-state index >= 15 is 0 Å². The molecule has 0 aliphatic carbocycles. The molecule has 0 radical (unpaired) electrons. The average Bonchev–Trinajstić information content (AvgIpc) is 2.52. The fraction of sp³-hybridized carbons (Fsp3) is 0.636. The molecule has 0 aliphatic heterocycles. The first-order valence-corrected chi connectivity index (χ1v) is 6.31. The van der Waals surface area contributed by atoms with Crippen LogP contribution >= 0.6 is 11.3 Å². The Labute approximate surface area is 105 Å². The van der Waals surface area contributed by atoms with Crippen LogP contribution in [0.25, 0.3) is 0 Å². The standard InChI is InChI=1S/C11H19N3O2S/c1-7(15)6-14(4)11(16)12-5-10-8(2)17-9(3)13-10/h7,15H,5-6H2,1-4H3,(H,12,16). The van der Waals surface area contributed by atoms with Crippen molar-refractivity contribution in [3.05, 3.63) is 15.6 Å². The molecule has 2 amide bonds. The molecule has 1 heterocycles. The summed E-state index contributed by atoms with van der Waals surface area (Å²) >= 11 is 1.62. The summed E-state index contributed by atoms with van der Waals surface area (Å²) in [6.45, 7) is 6.34. The largest absolute Gasteiger partial charge is 0.392 e. The van der Waals surface area contributed by atoms with Crippen molar-refractivity contribution < 1.29 is 9.90 Å². The lowest BCUT2D eigenvalue weighted by molar-refractivity contribution is 0.143. The topological polar surface area (TPSA) is 65.5 Å². The average molecular weight is 257 g/mol. The zero-order valence-corrected chi connectivity index (χ0v) is 11.5. The molecule has 0 bridgehead atoms. The van der Waals surface area contributed by atoms with Gasteiger partial charge in [-0.2, -0.15) is 0 Å². The maximum absolute atomic E-state index is 11.6. The Morgan fingerprint density at radius 3 is 2.71 bits per heavy atom. The molecule has 5 nitrogen and oxygen atoms in total. The first-order chi connectivity index (χ1) is 7.90. The molecule has 6 heteroatoms. The van der Waals surface area contributed by atoms with Crippen molar-refractivity contribution in [3.63, 3.8) is 0 Å². The number of aromatic nitrogens is 1. The Bertz CT molecular complexity index is 390. The molecule has 1 unspecified atom stereocenters. The second kappa shape index (κ2) is 5.97. The number of likely N-dealkylation sites (N-methyl/N-ethyl adjacent to an activating group) is 1. The van der Waals surface area contributed by atoms with E-state index in [9.17, 15) is 9.90 Å². The van der Waals surface area contributed by atoms with Crippen molar-refractivity contribution in [2.45, 2.75) is 33.4 Å². The molecule has 2 N–H and O–H groups in total. The molecule has 0 saturated heterocycles. The Balaban J connectivity index is 2.45. The Morgan fingerprint density at radius 2 is 2.24 bits per heavy atom. The van der Waals surface area contributed by atoms with Crippen LogP contribution in [-0.2, 0) is 6.54 Å². The van der Waals surface area contributed by atoms with Crippen LogP contribution in [0.4, 0.5) is 4.79 Å². The predicted octanol–water partition coefficient (Wildman–Crippen LogP) is 1.28. The van der Waals surface area contributed by atoms with E-state index in [0.717, 1.165) is 15.6 Å².